The number of amides is 2. The fraction of sp³-hybridized carbons (Fsp3) is 0.556. The minimum absolute atomic E-state index is 0.00237. The smallest absolute Gasteiger partial charge is 0.227 e. The molecular formula is C18H23ClN2O3. The minimum Gasteiger partial charge on any atom is -0.396 e. The lowest BCUT2D eigenvalue weighted by atomic mass is 9.74. The van der Waals surface area contributed by atoms with Crippen molar-refractivity contribution in [2.24, 2.45) is 11.3 Å². The molecule has 1 aromatic rings. The summed E-state index contributed by atoms with van der Waals surface area (Å²) in [6.45, 7) is 3.97. The number of piperidine rings is 1. The quantitative estimate of drug-likeness (QED) is 0.900. The normalized spacial score (nSPS) is 26.4. The van der Waals surface area contributed by atoms with Crippen LogP contribution in [0.5, 0.6) is 0 Å². The first-order valence-corrected chi connectivity index (χ1v) is 8.70. The molecule has 2 fully saturated rings. The van der Waals surface area contributed by atoms with Crippen LogP contribution in [0.3, 0.4) is 0 Å². The lowest BCUT2D eigenvalue weighted by Crippen LogP contribution is -2.52. The largest absolute Gasteiger partial charge is 0.396 e. The third-order valence-corrected chi connectivity index (χ3v) is 5.66. The number of carbonyl (C=O) groups excluding carboxylic acids is 2. The first-order valence-electron chi connectivity index (χ1n) is 8.32. The zero-order valence-electron chi connectivity index (χ0n) is 13.9. The number of aliphatic hydroxyl groups excluding tert-OH is 1. The molecule has 130 valence electrons. The molecule has 0 bridgehead atoms. The van der Waals surface area contributed by atoms with Crippen LogP contribution in [-0.4, -0.2) is 59.5 Å². The molecular weight excluding hydrogens is 328 g/mol. The van der Waals surface area contributed by atoms with E-state index in [1.54, 1.807) is 17.9 Å². The van der Waals surface area contributed by atoms with Crippen LogP contribution in [0.4, 0.5) is 0 Å². The Kier molecular flexibility index (Phi) is 4.83. The molecule has 2 aliphatic rings. The van der Waals surface area contributed by atoms with Gasteiger partial charge in [0.15, 0.2) is 0 Å². The first kappa shape index (κ1) is 17.2. The number of benzene rings is 1. The van der Waals surface area contributed by atoms with Crippen molar-refractivity contribution < 1.29 is 14.7 Å². The van der Waals surface area contributed by atoms with Gasteiger partial charge < -0.3 is 14.9 Å². The van der Waals surface area contributed by atoms with Crippen LogP contribution >= 0.6 is 11.6 Å². The Hall–Kier alpha value is -1.59. The van der Waals surface area contributed by atoms with Crippen LogP contribution in [0.25, 0.3) is 0 Å². The van der Waals surface area contributed by atoms with Gasteiger partial charge in [-0.2, -0.15) is 0 Å². The lowest BCUT2D eigenvalue weighted by Gasteiger charge is -2.42. The summed E-state index contributed by atoms with van der Waals surface area (Å²) in [5.74, 6) is 0.334. The van der Waals surface area contributed by atoms with Crippen LogP contribution in [0.15, 0.2) is 24.3 Å². The van der Waals surface area contributed by atoms with Gasteiger partial charge in [0.2, 0.25) is 11.8 Å². The van der Waals surface area contributed by atoms with Crippen LogP contribution < -0.4 is 0 Å². The third-order valence-electron chi connectivity index (χ3n) is 5.42. The number of hydrogen-bond acceptors (Lipinski definition) is 3. The van der Waals surface area contributed by atoms with Crippen LogP contribution in [0.1, 0.15) is 18.9 Å². The molecule has 2 amide bonds. The summed E-state index contributed by atoms with van der Waals surface area (Å²) < 4.78 is 0. The maximum Gasteiger partial charge on any atom is 0.227 e. The summed E-state index contributed by atoms with van der Waals surface area (Å²) in [4.78, 5) is 28.0. The number of aliphatic hydroxyl groups is 1. The Morgan fingerprint density at radius 3 is 2.75 bits per heavy atom. The monoisotopic (exact) mass is 350 g/mol. The molecule has 0 radical (unpaired) electrons. The number of likely N-dealkylation sites (tertiary alicyclic amines) is 2. The Balaban J connectivity index is 1.71. The van der Waals surface area contributed by atoms with Gasteiger partial charge in [-0.25, -0.2) is 0 Å². The van der Waals surface area contributed by atoms with Crippen molar-refractivity contribution in [3.8, 4) is 0 Å². The second kappa shape index (κ2) is 6.73. The molecule has 2 heterocycles. The summed E-state index contributed by atoms with van der Waals surface area (Å²) in [6, 6.07) is 7.33. The highest BCUT2D eigenvalue weighted by atomic mass is 35.5. The first-order chi connectivity index (χ1) is 11.4. The van der Waals surface area contributed by atoms with E-state index in [1.165, 1.54) is 0 Å². The van der Waals surface area contributed by atoms with Crippen molar-refractivity contribution in [1.29, 1.82) is 0 Å². The molecule has 0 spiro atoms. The topological polar surface area (TPSA) is 60.9 Å². The highest BCUT2D eigenvalue weighted by Crippen LogP contribution is 2.42. The lowest BCUT2D eigenvalue weighted by molar-refractivity contribution is -0.134. The van der Waals surface area contributed by atoms with E-state index >= 15 is 0 Å². The fourth-order valence-corrected chi connectivity index (χ4v) is 4.21. The van der Waals surface area contributed by atoms with Gasteiger partial charge in [0.25, 0.3) is 0 Å². The van der Waals surface area contributed by atoms with E-state index < -0.39 is 0 Å². The predicted octanol–water partition coefficient (Wildman–Crippen LogP) is 1.57. The van der Waals surface area contributed by atoms with Gasteiger partial charge in [0, 0.05) is 43.5 Å². The Morgan fingerprint density at radius 2 is 2.08 bits per heavy atom. The van der Waals surface area contributed by atoms with Gasteiger partial charge in [0.1, 0.15) is 0 Å². The molecule has 0 aromatic heterocycles. The van der Waals surface area contributed by atoms with Crippen molar-refractivity contribution in [3.63, 3.8) is 0 Å². The number of nitrogens with zero attached hydrogens (tertiary/aromatic N) is 2. The molecule has 0 unspecified atom stereocenters. The van der Waals surface area contributed by atoms with Crippen LogP contribution in [-0.2, 0) is 16.0 Å². The molecule has 2 aliphatic heterocycles. The maximum absolute atomic E-state index is 12.7. The van der Waals surface area contributed by atoms with Gasteiger partial charge in [-0.15, -0.1) is 0 Å². The Morgan fingerprint density at radius 1 is 1.33 bits per heavy atom. The highest BCUT2D eigenvalue weighted by molar-refractivity contribution is 6.30. The summed E-state index contributed by atoms with van der Waals surface area (Å²) in [7, 11) is 0. The number of carbonyl (C=O) groups is 2. The SMILES string of the molecule is CC(=O)N1CC[C@@H]2CN(C(=O)Cc3cccc(Cl)c3)C[C@]2(CO)C1. The van der Waals surface area contributed by atoms with Crippen molar-refractivity contribution in [2.45, 2.75) is 19.8 Å². The summed E-state index contributed by atoms with van der Waals surface area (Å²) in [5, 5.41) is 10.6. The second-order valence-electron chi connectivity index (χ2n) is 7.03. The highest BCUT2D eigenvalue weighted by Gasteiger charge is 2.50. The standard InChI is InChI=1S/C18H23ClN2O3/c1-13(23)20-6-5-15-9-21(11-18(15,10-20)12-22)17(24)8-14-3-2-4-16(19)7-14/h2-4,7,15,22H,5-6,8-12H2,1H3/t15-,18+/m1/s1. The molecule has 0 aliphatic carbocycles. The number of hydrogen-bond donors (Lipinski definition) is 1. The van der Waals surface area contributed by atoms with E-state index in [2.05, 4.69) is 0 Å². The van der Waals surface area contributed by atoms with E-state index in [-0.39, 0.29) is 29.8 Å². The zero-order valence-corrected chi connectivity index (χ0v) is 14.6. The van der Waals surface area contributed by atoms with E-state index in [1.807, 2.05) is 23.1 Å². The predicted molar refractivity (Wildman–Crippen MR) is 91.6 cm³/mol. The molecule has 3 rings (SSSR count). The number of halogens is 1. The van der Waals surface area contributed by atoms with Gasteiger partial charge in [-0.3, -0.25) is 9.59 Å². The van der Waals surface area contributed by atoms with Crippen molar-refractivity contribution in [2.75, 3.05) is 32.8 Å². The molecule has 1 N–H and O–H groups in total. The zero-order chi connectivity index (χ0) is 17.3. The summed E-state index contributed by atoms with van der Waals surface area (Å²) in [5.41, 5.74) is 0.513. The van der Waals surface area contributed by atoms with Gasteiger partial charge >= 0.3 is 0 Å². The number of fused-ring (bicyclic) bond motifs is 1. The van der Waals surface area contributed by atoms with Crippen LogP contribution in [0.2, 0.25) is 5.02 Å². The van der Waals surface area contributed by atoms with E-state index in [4.69, 9.17) is 11.6 Å². The molecule has 5 nitrogen and oxygen atoms in total. The Labute approximate surface area is 147 Å². The van der Waals surface area contributed by atoms with Crippen molar-refractivity contribution in [1.82, 2.24) is 9.80 Å². The minimum atomic E-state index is -0.381. The molecule has 0 saturated carbocycles. The molecule has 2 atom stereocenters. The molecule has 6 heteroatoms. The summed E-state index contributed by atoms with van der Waals surface area (Å²) >= 11 is 5.98. The second-order valence-corrected chi connectivity index (χ2v) is 7.46. The summed E-state index contributed by atoms with van der Waals surface area (Å²) in [6.07, 6.45) is 1.15. The Bertz CT molecular complexity index is 651. The van der Waals surface area contributed by atoms with E-state index in [0.717, 1.165) is 12.0 Å². The average molecular weight is 351 g/mol. The molecule has 1 aromatic carbocycles. The third kappa shape index (κ3) is 3.28. The van der Waals surface area contributed by atoms with Crippen molar-refractivity contribution in [3.05, 3.63) is 34.9 Å². The van der Waals surface area contributed by atoms with Crippen molar-refractivity contribution >= 4 is 23.4 Å². The van der Waals surface area contributed by atoms with Gasteiger partial charge in [-0.1, -0.05) is 23.7 Å². The van der Waals surface area contributed by atoms with E-state index in [0.29, 0.717) is 37.6 Å². The van der Waals surface area contributed by atoms with Gasteiger partial charge in [-0.05, 0) is 30.0 Å². The van der Waals surface area contributed by atoms with E-state index in [9.17, 15) is 14.7 Å². The molecule has 24 heavy (non-hydrogen) atoms. The average Bonchev–Trinajstić information content (AvgIpc) is 2.94. The maximum atomic E-state index is 12.7. The fourth-order valence-electron chi connectivity index (χ4n) is 4.00. The van der Waals surface area contributed by atoms with Gasteiger partial charge in [0.05, 0.1) is 13.0 Å². The van der Waals surface area contributed by atoms with Crippen LogP contribution in [0, 0.1) is 11.3 Å². The molecule has 2 saturated heterocycles. The number of rotatable bonds is 3.